The first kappa shape index (κ1) is 13.8. The third-order valence-electron chi connectivity index (χ3n) is 2.60. The van der Waals surface area contributed by atoms with Crippen LogP contribution in [0.5, 0.6) is 0 Å². The smallest absolute Gasteiger partial charge is 0.325 e. The Balaban J connectivity index is 2.28. The highest BCUT2D eigenvalue weighted by atomic mass is 32.2. The van der Waals surface area contributed by atoms with Crippen molar-refractivity contribution < 1.29 is 23.1 Å². The number of nitrogens with one attached hydrogen (secondary N) is 2. The summed E-state index contributed by atoms with van der Waals surface area (Å²) in [6.45, 7) is 1.60. The number of hydrogen-bond acceptors (Lipinski definition) is 4. The predicted molar refractivity (Wildman–Crippen MR) is 60.4 cm³/mol. The van der Waals surface area contributed by atoms with Crippen molar-refractivity contribution in [3.05, 3.63) is 0 Å². The molecule has 1 saturated heterocycles. The molecule has 1 rings (SSSR count). The molecule has 7 nitrogen and oxygen atoms in total. The van der Waals surface area contributed by atoms with E-state index in [-0.39, 0.29) is 24.0 Å². The molecular formula is C9H16N2O5S. The summed E-state index contributed by atoms with van der Waals surface area (Å²) >= 11 is 0. The molecule has 17 heavy (non-hydrogen) atoms. The lowest BCUT2D eigenvalue weighted by atomic mass is 10.1. The van der Waals surface area contributed by atoms with Gasteiger partial charge in [-0.3, -0.25) is 4.79 Å². The van der Waals surface area contributed by atoms with Crippen LogP contribution >= 0.6 is 0 Å². The van der Waals surface area contributed by atoms with E-state index in [0.29, 0.717) is 6.42 Å². The topological polar surface area (TPSA) is 113 Å². The largest absolute Gasteiger partial charge is 0.480 e. The van der Waals surface area contributed by atoms with Crippen LogP contribution in [0.1, 0.15) is 13.3 Å². The zero-order valence-corrected chi connectivity index (χ0v) is 10.3. The second kappa shape index (κ2) is 5.35. The third-order valence-corrected chi connectivity index (χ3v) is 4.43. The van der Waals surface area contributed by atoms with E-state index in [1.54, 1.807) is 0 Å². The molecule has 1 heterocycles. The van der Waals surface area contributed by atoms with Gasteiger partial charge in [0.25, 0.3) is 0 Å². The van der Waals surface area contributed by atoms with E-state index in [0.717, 1.165) is 0 Å². The second-order valence-electron chi connectivity index (χ2n) is 4.18. The number of carboxylic acid groups (broad SMARTS) is 1. The minimum Gasteiger partial charge on any atom is -0.480 e. The minimum absolute atomic E-state index is 0.0779. The first-order valence-electron chi connectivity index (χ1n) is 5.28. The lowest BCUT2D eigenvalue weighted by Gasteiger charge is -2.12. The van der Waals surface area contributed by atoms with Crippen LogP contribution in [-0.2, 0) is 14.6 Å². The maximum Gasteiger partial charge on any atom is 0.325 e. The monoisotopic (exact) mass is 264 g/mol. The van der Waals surface area contributed by atoms with Crippen LogP contribution in [0.3, 0.4) is 0 Å². The van der Waals surface area contributed by atoms with Crippen molar-refractivity contribution in [2.75, 3.05) is 18.1 Å². The molecule has 8 heteroatoms. The lowest BCUT2D eigenvalue weighted by Crippen LogP contribution is -2.45. The van der Waals surface area contributed by atoms with Crippen molar-refractivity contribution >= 4 is 21.8 Å². The van der Waals surface area contributed by atoms with E-state index in [2.05, 4.69) is 10.6 Å². The molecule has 0 saturated carbocycles. The van der Waals surface area contributed by atoms with Gasteiger partial charge >= 0.3 is 12.0 Å². The fourth-order valence-corrected chi connectivity index (χ4v) is 3.44. The van der Waals surface area contributed by atoms with Gasteiger partial charge in [-0.1, -0.05) is 0 Å². The van der Waals surface area contributed by atoms with Gasteiger partial charge in [0.1, 0.15) is 6.04 Å². The summed E-state index contributed by atoms with van der Waals surface area (Å²) in [7, 11) is -2.95. The first-order chi connectivity index (χ1) is 7.80. The summed E-state index contributed by atoms with van der Waals surface area (Å²) < 4.78 is 22.3. The van der Waals surface area contributed by atoms with Gasteiger partial charge in [0.05, 0.1) is 11.5 Å². The van der Waals surface area contributed by atoms with Gasteiger partial charge in [-0.15, -0.1) is 0 Å². The Bertz CT molecular complexity index is 406. The van der Waals surface area contributed by atoms with Gasteiger partial charge < -0.3 is 15.7 Å². The molecular weight excluding hydrogens is 248 g/mol. The zero-order valence-electron chi connectivity index (χ0n) is 9.47. The Kier molecular flexibility index (Phi) is 4.33. The number of sulfone groups is 1. The van der Waals surface area contributed by atoms with Gasteiger partial charge in [-0.25, -0.2) is 13.2 Å². The number of hydrogen-bond donors (Lipinski definition) is 3. The number of aliphatic carboxylic acids is 1. The maximum absolute atomic E-state index is 11.2. The van der Waals surface area contributed by atoms with Crippen molar-refractivity contribution in [3.8, 4) is 0 Å². The molecule has 2 atom stereocenters. The Morgan fingerprint density at radius 1 is 1.47 bits per heavy atom. The molecule has 0 spiro atoms. The summed E-state index contributed by atoms with van der Waals surface area (Å²) in [4.78, 5) is 21.7. The van der Waals surface area contributed by atoms with E-state index >= 15 is 0 Å². The Hall–Kier alpha value is -1.31. The molecule has 0 aromatic rings. The molecule has 2 amide bonds. The molecule has 98 valence electrons. The summed E-state index contributed by atoms with van der Waals surface area (Å²) in [5.74, 6) is -0.955. The molecule has 1 aliphatic heterocycles. The molecule has 3 N–H and O–H groups in total. The predicted octanol–water partition coefficient (Wildman–Crippen LogP) is -0.807. The number of carboxylic acids is 1. The summed E-state index contributed by atoms with van der Waals surface area (Å²) in [6, 6.07) is -1.56. The van der Waals surface area contributed by atoms with Gasteiger partial charge in [-0.05, 0) is 19.3 Å². The SMILES string of the molecule is C[C@@H](NC(=O)NCC1CCS(=O)(=O)C1)C(=O)O. The van der Waals surface area contributed by atoms with Crippen LogP contribution in [0, 0.1) is 5.92 Å². The molecule has 0 aromatic carbocycles. The van der Waals surface area contributed by atoms with Crippen LogP contribution in [0.2, 0.25) is 0 Å². The number of urea groups is 1. The molecule has 1 fully saturated rings. The number of rotatable bonds is 4. The van der Waals surface area contributed by atoms with Crippen LogP contribution in [0.15, 0.2) is 0 Å². The fraction of sp³-hybridized carbons (Fsp3) is 0.778. The average Bonchev–Trinajstić information content (AvgIpc) is 2.55. The van der Waals surface area contributed by atoms with Gasteiger partial charge in [0.15, 0.2) is 9.84 Å². The highest BCUT2D eigenvalue weighted by Gasteiger charge is 2.28. The molecule has 0 radical (unpaired) electrons. The van der Waals surface area contributed by atoms with Crippen LogP contribution in [0.25, 0.3) is 0 Å². The number of carbonyl (C=O) groups is 2. The van der Waals surface area contributed by atoms with Gasteiger partial charge in [0, 0.05) is 6.54 Å². The number of amides is 2. The van der Waals surface area contributed by atoms with Crippen LogP contribution in [-0.4, -0.2) is 49.6 Å². The highest BCUT2D eigenvalue weighted by molar-refractivity contribution is 7.91. The van der Waals surface area contributed by atoms with Crippen LogP contribution in [0.4, 0.5) is 4.79 Å². The zero-order chi connectivity index (χ0) is 13.1. The summed E-state index contributed by atoms with van der Waals surface area (Å²) in [6.07, 6.45) is 0.539. The van der Waals surface area contributed by atoms with E-state index in [4.69, 9.17) is 5.11 Å². The molecule has 0 aliphatic carbocycles. The van der Waals surface area contributed by atoms with E-state index in [1.165, 1.54) is 6.92 Å². The summed E-state index contributed by atoms with van der Waals surface area (Å²) in [5.41, 5.74) is 0. The van der Waals surface area contributed by atoms with Gasteiger partial charge in [0.2, 0.25) is 0 Å². The second-order valence-corrected chi connectivity index (χ2v) is 6.41. The quantitative estimate of drug-likeness (QED) is 0.615. The standard InChI is InChI=1S/C9H16N2O5S/c1-6(8(12)13)11-9(14)10-4-7-2-3-17(15,16)5-7/h6-7H,2-5H2,1H3,(H,12,13)(H2,10,11,14)/t6-,7?/m1/s1. The average molecular weight is 264 g/mol. The Morgan fingerprint density at radius 2 is 2.12 bits per heavy atom. The lowest BCUT2D eigenvalue weighted by molar-refractivity contribution is -0.138. The van der Waals surface area contributed by atoms with Gasteiger partial charge in [-0.2, -0.15) is 0 Å². The Morgan fingerprint density at radius 3 is 2.59 bits per heavy atom. The van der Waals surface area contributed by atoms with E-state index in [9.17, 15) is 18.0 Å². The van der Waals surface area contributed by atoms with Crippen molar-refractivity contribution in [3.63, 3.8) is 0 Å². The normalized spacial score (nSPS) is 23.9. The molecule has 0 bridgehead atoms. The van der Waals surface area contributed by atoms with Crippen molar-refractivity contribution in [2.24, 2.45) is 5.92 Å². The molecule has 1 unspecified atom stereocenters. The highest BCUT2D eigenvalue weighted by Crippen LogP contribution is 2.17. The Labute approximate surface area is 99.5 Å². The van der Waals surface area contributed by atoms with Crippen molar-refractivity contribution in [1.82, 2.24) is 10.6 Å². The summed E-state index contributed by atoms with van der Waals surface area (Å²) in [5, 5.41) is 13.3. The third kappa shape index (κ3) is 4.59. The van der Waals surface area contributed by atoms with Crippen molar-refractivity contribution in [1.29, 1.82) is 0 Å². The van der Waals surface area contributed by atoms with E-state index in [1.807, 2.05) is 0 Å². The fourth-order valence-electron chi connectivity index (χ4n) is 1.58. The molecule has 1 aliphatic rings. The van der Waals surface area contributed by atoms with Crippen molar-refractivity contribution in [2.45, 2.75) is 19.4 Å². The number of carbonyl (C=O) groups excluding carboxylic acids is 1. The maximum atomic E-state index is 11.2. The van der Waals surface area contributed by atoms with E-state index < -0.39 is 27.9 Å². The minimum atomic E-state index is -2.95. The molecule has 0 aromatic heterocycles. The first-order valence-corrected chi connectivity index (χ1v) is 7.10. The van der Waals surface area contributed by atoms with Crippen LogP contribution < -0.4 is 10.6 Å².